The van der Waals surface area contributed by atoms with Gasteiger partial charge in [-0.2, -0.15) is 0 Å². The molecule has 160 valence electrons. The molecule has 3 heteroatoms. The van der Waals surface area contributed by atoms with Gasteiger partial charge in [-0.05, 0) is 104 Å². The second-order valence-electron chi connectivity index (χ2n) is 10.4. The van der Waals surface area contributed by atoms with Gasteiger partial charge in [-0.3, -0.25) is 0 Å². The van der Waals surface area contributed by atoms with Crippen LogP contribution in [0.5, 0.6) is 5.75 Å². The zero-order valence-corrected chi connectivity index (χ0v) is 18.1. The van der Waals surface area contributed by atoms with E-state index in [1.54, 1.807) is 0 Å². The van der Waals surface area contributed by atoms with Gasteiger partial charge >= 0.3 is 0 Å². The summed E-state index contributed by atoms with van der Waals surface area (Å²) in [6.07, 6.45) is 11.0. The highest BCUT2D eigenvalue weighted by Crippen LogP contribution is 2.69. The molecule has 3 nitrogen and oxygen atoms in total. The molecule has 7 atom stereocenters. The third kappa shape index (κ3) is 3.35. The van der Waals surface area contributed by atoms with Gasteiger partial charge in [-0.1, -0.05) is 31.9 Å². The molecule has 4 rings (SSSR count). The minimum Gasteiger partial charge on any atom is -0.508 e. The van der Waals surface area contributed by atoms with E-state index in [1.807, 2.05) is 19.1 Å². The number of fused-ring (bicyclic) bond motifs is 5. The number of phenols is 1. The van der Waals surface area contributed by atoms with E-state index in [-0.39, 0.29) is 23.0 Å². The molecule has 0 spiro atoms. The summed E-state index contributed by atoms with van der Waals surface area (Å²) in [6, 6.07) is 5.97. The summed E-state index contributed by atoms with van der Waals surface area (Å²) < 4.78 is 0. The lowest BCUT2D eigenvalue weighted by molar-refractivity contribution is -0.0813. The SMILES string of the molecule is C=CC12CCc3cc(O)ccc3[C@H]1[C@@H](CCCC[C@@H](C)O)C[C@]1(C)[C@@H](O)CC[C@@H]21. The molecule has 3 N–H and O–H groups in total. The molecule has 0 amide bonds. The second kappa shape index (κ2) is 7.74. The van der Waals surface area contributed by atoms with Crippen molar-refractivity contribution < 1.29 is 15.3 Å². The normalized spacial score (nSPS) is 39.3. The molecule has 3 aliphatic rings. The smallest absolute Gasteiger partial charge is 0.115 e. The number of aliphatic hydroxyl groups excluding tert-OH is 2. The molecule has 0 radical (unpaired) electrons. The van der Waals surface area contributed by atoms with Crippen LogP contribution in [0.25, 0.3) is 0 Å². The highest BCUT2D eigenvalue weighted by Gasteiger charge is 2.63. The van der Waals surface area contributed by atoms with E-state index < -0.39 is 0 Å². The molecule has 2 saturated carbocycles. The Morgan fingerprint density at radius 2 is 2.07 bits per heavy atom. The van der Waals surface area contributed by atoms with Gasteiger partial charge in [0.1, 0.15) is 5.75 Å². The van der Waals surface area contributed by atoms with Gasteiger partial charge in [0.2, 0.25) is 0 Å². The lowest BCUT2D eigenvalue weighted by Crippen LogP contribution is -2.54. The molecule has 0 bridgehead atoms. The van der Waals surface area contributed by atoms with Gasteiger partial charge in [0, 0.05) is 0 Å². The maximum absolute atomic E-state index is 11.0. The van der Waals surface area contributed by atoms with Crippen LogP contribution in [0.3, 0.4) is 0 Å². The maximum atomic E-state index is 11.0. The first-order chi connectivity index (χ1) is 13.8. The molecular weight excluding hydrogens is 360 g/mol. The topological polar surface area (TPSA) is 60.7 Å². The summed E-state index contributed by atoms with van der Waals surface area (Å²) in [7, 11) is 0. The molecule has 0 heterocycles. The molecule has 3 aliphatic carbocycles. The van der Waals surface area contributed by atoms with Gasteiger partial charge in [0.05, 0.1) is 12.2 Å². The van der Waals surface area contributed by atoms with Crippen molar-refractivity contribution in [2.45, 2.75) is 89.8 Å². The summed E-state index contributed by atoms with van der Waals surface area (Å²) >= 11 is 0. The highest BCUT2D eigenvalue weighted by atomic mass is 16.3. The first kappa shape index (κ1) is 20.9. The molecular formula is C26H38O3. The van der Waals surface area contributed by atoms with E-state index in [0.29, 0.717) is 23.5 Å². The summed E-state index contributed by atoms with van der Waals surface area (Å²) in [5.41, 5.74) is 2.69. The fourth-order valence-corrected chi connectivity index (χ4v) is 7.54. The van der Waals surface area contributed by atoms with Crippen LogP contribution in [0, 0.1) is 22.7 Å². The fourth-order valence-electron chi connectivity index (χ4n) is 7.54. The van der Waals surface area contributed by atoms with Crippen LogP contribution in [0.2, 0.25) is 0 Å². The molecule has 2 fully saturated rings. The number of aromatic hydroxyl groups is 1. The Morgan fingerprint density at radius 1 is 1.28 bits per heavy atom. The van der Waals surface area contributed by atoms with Crippen molar-refractivity contribution in [2.24, 2.45) is 22.7 Å². The minimum absolute atomic E-state index is 0.0311. The number of hydrogen-bond acceptors (Lipinski definition) is 3. The summed E-state index contributed by atoms with van der Waals surface area (Å²) in [4.78, 5) is 0. The predicted octanol–water partition coefficient (Wildman–Crippen LogP) is 5.33. The average Bonchev–Trinajstić information content (AvgIpc) is 2.99. The van der Waals surface area contributed by atoms with Crippen LogP contribution in [-0.2, 0) is 6.42 Å². The van der Waals surface area contributed by atoms with Gasteiger partial charge in [-0.15, -0.1) is 6.58 Å². The van der Waals surface area contributed by atoms with E-state index in [9.17, 15) is 15.3 Å². The Balaban J connectivity index is 1.72. The van der Waals surface area contributed by atoms with Crippen LogP contribution < -0.4 is 0 Å². The molecule has 0 saturated heterocycles. The summed E-state index contributed by atoms with van der Waals surface area (Å²) in [5.74, 6) is 1.75. The first-order valence-corrected chi connectivity index (χ1v) is 11.6. The molecule has 29 heavy (non-hydrogen) atoms. The van der Waals surface area contributed by atoms with E-state index >= 15 is 0 Å². The van der Waals surface area contributed by atoms with Crippen molar-refractivity contribution in [1.29, 1.82) is 0 Å². The molecule has 0 aliphatic heterocycles. The van der Waals surface area contributed by atoms with Gasteiger partial charge in [-0.25, -0.2) is 0 Å². The van der Waals surface area contributed by atoms with E-state index in [2.05, 4.69) is 25.6 Å². The number of aliphatic hydroxyl groups is 2. The van der Waals surface area contributed by atoms with Crippen molar-refractivity contribution in [3.8, 4) is 5.75 Å². The Morgan fingerprint density at radius 3 is 2.79 bits per heavy atom. The zero-order valence-electron chi connectivity index (χ0n) is 18.1. The first-order valence-electron chi connectivity index (χ1n) is 11.6. The van der Waals surface area contributed by atoms with Crippen LogP contribution >= 0.6 is 0 Å². The second-order valence-corrected chi connectivity index (χ2v) is 10.4. The minimum atomic E-state index is -0.231. The number of rotatable bonds is 6. The Kier molecular flexibility index (Phi) is 5.59. The summed E-state index contributed by atoms with van der Waals surface area (Å²) in [5, 5.41) is 30.7. The number of benzene rings is 1. The number of phenolic OH excluding ortho intramolecular Hbond substituents is 1. The van der Waals surface area contributed by atoms with Crippen molar-refractivity contribution in [3.63, 3.8) is 0 Å². The largest absolute Gasteiger partial charge is 0.508 e. The molecule has 1 unspecified atom stereocenters. The van der Waals surface area contributed by atoms with Gasteiger partial charge in [0.15, 0.2) is 0 Å². The van der Waals surface area contributed by atoms with Crippen molar-refractivity contribution in [2.75, 3.05) is 0 Å². The predicted molar refractivity (Wildman–Crippen MR) is 117 cm³/mol. The Labute approximate surface area is 175 Å². The van der Waals surface area contributed by atoms with Crippen LogP contribution in [-0.4, -0.2) is 27.5 Å². The lowest BCUT2D eigenvalue weighted by atomic mass is 9.44. The quantitative estimate of drug-likeness (QED) is 0.448. The van der Waals surface area contributed by atoms with Gasteiger partial charge in [0.25, 0.3) is 0 Å². The average molecular weight is 399 g/mol. The van der Waals surface area contributed by atoms with Crippen LogP contribution in [0.15, 0.2) is 30.9 Å². The fraction of sp³-hybridized carbons (Fsp3) is 0.692. The van der Waals surface area contributed by atoms with Crippen molar-refractivity contribution >= 4 is 0 Å². The third-order valence-electron chi connectivity index (χ3n) is 8.80. The highest BCUT2D eigenvalue weighted by molar-refractivity contribution is 5.43. The summed E-state index contributed by atoms with van der Waals surface area (Å²) in [6.45, 7) is 8.55. The zero-order chi connectivity index (χ0) is 20.8. The van der Waals surface area contributed by atoms with Crippen molar-refractivity contribution in [3.05, 3.63) is 42.0 Å². The van der Waals surface area contributed by atoms with E-state index in [0.717, 1.165) is 57.8 Å². The monoisotopic (exact) mass is 398 g/mol. The number of allylic oxidation sites excluding steroid dienone is 1. The van der Waals surface area contributed by atoms with Crippen LogP contribution in [0.4, 0.5) is 0 Å². The maximum Gasteiger partial charge on any atom is 0.115 e. The molecule has 1 aromatic carbocycles. The van der Waals surface area contributed by atoms with E-state index in [4.69, 9.17) is 0 Å². The van der Waals surface area contributed by atoms with Crippen LogP contribution in [0.1, 0.15) is 82.3 Å². The van der Waals surface area contributed by atoms with E-state index in [1.165, 1.54) is 11.1 Å². The lowest BCUT2D eigenvalue weighted by Gasteiger charge is -2.60. The number of hydrogen-bond donors (Lipinski definition) is 3. The standard InChI is InChI=1S/C26H38O3/c1-4-26-14-13-18-15-20(28)9-10-21(18)24(26)19(8-6-5-7-17(2)27)16-25(3)22(26)11-12-23(25)29/h4,9-10,15,17,19,22-24,27-29H,1,5-8,11-14,16H2,2-3H3/t17-,19+,22-,23+,24-,25+,26?/m1/s1. The number of unbranched alkanes of at least 4 members (excludes halogenated alkanes) is 1. The Hall–Kier alpha value is -1.32. The molecule has 1 aromatic rings. The van der Waals surface area contributed by atoms with Gasteiger partial charge < -0.3 is 15.3 Å². The number of aryl methyl sites for hydroxylation is 1. The third-order valence-corrected chi connectivity index (χ3v) is 8.80. The molecule has 0 aromatic heterocycles. The Bertz CT molecular complexity index is 756. The van der Waals surface area contributed by atoms with Crippen molar-refractivity contribution in [1.82, 2.24) is 0 Å².